The van der Waals surface area contributed by atoms with E-state index in [0.717, 1.165) is 39.9 Å². The Bertz CT molecular complexity index is 1350. The third-order valence-electron chi connectivity index (χ3n) is 5.64. The van der Waals surface area contributed by atoms with Crippen molar-refractivity contribution in [2.75, 3.05) is 11.1 Å². The molecule has 0 radical (unpaired) electrons. The van der Waals surface area contributed by atoms with Gasteiger partial charge in [-0.1, -0.05) is 54.2 Å². The molecule has 170 valence electrons. The number of nitrogens with one attached hydrogen (secondary N) is 1. The van der Waals surface area contributed by atoms with Crippen molar-refractivity contribution in [3.05, 3.63) is 90.3 Å². The van der Waals surface area contributed by atoms with Crippen molar-refractivity contribution in [3.8, 4) is 5.69 Å². The lowest BCUT2D eigenvalue weighted by Crippen LogP contribution is -2.27. The fourth-order valence-corrected chi connectivity index (χ4v) is 4.69. The second kappa shape index (κ2) is 9.52. The van der Waals surface area contributed by atoms with Crippen molar-refractivity contribution in [1.82, 2.24) is 14.5 Å². The number of carbonyl (C=O) groups excluding carboxylic acids is 3. The quantitative estimate of drug-likeness (QED) is 0.420. The van der Waals surface area contributed by atoms with Gasteiger partial charge in [0.2, 0.25) is 11.8 Å². The number of thioether (sulfide) groups is 1. The average Bonchev–Trinajstić information content (AvgIpc) is 3.39. The van der Waals surface area contributed by atoms with E-state index in [1.54, 1.807) is 12.1 Å². The van der Waals surface area contributed by atoms with Crippen LogP contribution >= 0.6 is 11.8 Å². The molecule has 2 heterocycles. The van der Waals surface area contributed by atoms with Crippen LogP contribution < -0.4 is 5.32 Å². The van der Waals surface area contributed by atoms with E-state index in [-0.39, 0.29) is 35.8 Å². The Morgan fingerprint density at radius 1 is 0.941 bits per heavy atom. The van der Waals surface area contributed by atoms with Crippen LogP contribution in [-0.2, 0) is 22.6 Å². The number of aryl methyl sites for hydroxylation is 1. The minimum absolute atomic E-state index is 0.110. The van der Waals surface area contributed by atoms with Crippen molar-refractivity contribution in [2.45, 2.75) is 19.4 Å². The van der Waals surface area contributed by atoms with Gasteiger partial charge in [0, 0.05) is 24.2 Å². The van der Waals surface area contributed by atoms with Crippen molar-refractivity contribution in [1.29, 1.82) is 0 Å². The lowest BCUT2D eigenvalue weighted by Gasteiger charge is -2.13. The summed E-state index contributed by atoms with van der Waals surface area (Å²) in [5.74, 6) is 0.746. The molecule has 0 aliphatic carbocycles. The van der Waals surface area contributed by atoms with Gasteiger partial charge in [0.05, 0.1) is 23.3 Å². The summed E-state index contributed by atoms with van der Waals surface area (Å²) in [6, 6.07) is 25.1. The Morgan fingerprint density at radius 3 is 2.41 bits per heavy atom. The minimum atomic E-state index is -0.219. The summed E-state index contributed by atoms with van der Waals surface area (Å²) in [6.45, 7) is 0.245. The van der Waals surface area contributed by atoms with Crippen molar-refractivity contribution in [2.24, 2.45) is 0 Å². The molecule has 3 aromatic carbocycles. The molecule has 7 nitrogen and oxygen atoms in total. The zero-order valence-electron chi connectivity index (χ0n) is 18.3. The Morgan fingerprint density at radius 2 is 1.68 bits per heavy atom. The standard InChI is InChI=1S/C26H22N4O3S/c31-24(27-19-12-10-18(11-13-19)16-29-25(32)17-34-26(29)33)15-14-23-28-21-8-4-5-9-22(21)30(23)20-6-2-1-3-7-20/h1-13H,14-17H2,(H,27,31). The smallest absolute Gasteiger partial charge is 0.289 e. The number of anilines is 1. The van der Waals surface area contributed by atoms with Gasteiger partial charge < -0.3 is 5.32 Å². The number of imide groups is 1. The molecule has 34 heavy (non-hydrogen) atoms. The average molecular weight is 471 g/mol. The highest BCUT2D eigenvalue weighted by Gasteiger charge is 2.29. The van der Waals surface area contributed by atoms with Crippen LogP contribution in [0.4, 0.5) is 10.5 Å². The number of rotatable bonds is 7. The van der Waals surface area contributed by atoms with E-state index in [1.165, 1.54) is 4.90 Å². The molecular weight excluding hydrogens is 448 g/mol. The lowest BCUT2D eigenvalue weighted by atomic mass is 10.2. The number of aromatic nitrogens is 2. The Hall–Kier alpha value is -3.91. The lowest BCUT2D eigenvalue weighted by molar-refractivity contribution is -0.125. The third kappa shape index (κ3) is 4.58. The van der Waals surface area contributed by atoms with Crippen LogP contribution in [0.25, 0.3) is 16.7 Å². The maximum Gasteiger partial charge on any atom is 0.289 e. The Balaban J connectivity index is 1.25. The summed E-state index contributed by atoms with van der Waals surface area (Å²) in [7, 11) is 0. The molecule has 1 aliphatic rings. The predicted octanol–water partition coefficient (Wildman–Crippen LogP) is 4.79. The van der Waals surface area contributed by atoms with Gasteiger partial charge in [0.15, 0.2) is 0 Å². The third-order valence-corrected chi connectivity index (χ3v) is 6.50. The number of para-hydroxylation sites is 3. The van der Waals surface area contributed by atoms with Crippen LogP contribution in [0, 0.1) is 0 Å². The first-order chi connectivity index (χ1) is 16.6. The van der Waals surface area contributed by atoms with E-state index >= 15 is 0 Å². The predicted molar refractivity (Wildman–Crippen MR) is 133 cm³/mol. The molecule has 0 bridgehead atoms. The van der Waals surface area contributed by atoms with Crippen LogP contribution in [0.15, 0.2) is 78.9 Å². The van der Waals surface area contributed by atoms with Crippen LogP contribution in [0.2, 0.25) is 0 Å². The number of amides is 3. The van der Waals surface area contributed by atoms with Crippen LogP contribution in [0.1, 0.15) is 17.8 Å². The molecule has 1 saturated heterocycles. The van der Waals surface area contributed by atoms with Crippen LogP contribution in [0.3, 0.4) is 0 Å². The second-order valence-corrected chi connectivity index (χ2v) is 8.89. The van der Waals surface area contributed by atoms with Gasteiger partial charge in [-0.2, -0.15) is 0 Å². The molecule has 1 fully saturated rings. The highest BCUT2D eigenvalue weighted by molar-refractivity contribution is 8.14. The molecule has 1 aromatic heterocycles. The normalized spacial score (nSPS) is 13.6. The van der Waals surface area contributed by atoms with E-state index in [4.69, 9.17) is 4.98 Å². The first-order valence-electron chi connectivity index (χ1n) is 11.0. The van der Waals surface area contributed by atoms with E-state index in [1.807, 2.05) is 66.7 Å². The first-order valence-corrected chi connectivity index (χ1v) is 11.9. The maximum absolute atomic E-state index is 12.6. The molecule has 0 spiro atoms. The van der Waals surface area contributed by atoms with Gasteiger partial charge in [-0.15, -0.1) is 0 Å². The van der Waals surface area contributed by atoms with Gasteiger partial charge in [0.25, 0.3) is 5.24 Å². The largest absolute Gasteiger partial charge is 0.326 e. The van der Waals surface area contributed by atoms with Crippen LogP contribution in [-0.4, -0.2) is 37.3 Å². The summed E-state index contributed by atoms with van der Waals surface area (Å²) in [4.78, 5) is 42.2. The number of imidazole rings is 1. The number of fused-ring (bicyclic) bond motifs is 1. The summed E-state index contributed by atoms with van der Waals surface area (Å²) < 4.78 is 2.09. The number of nitrogens with zero attached hydrogens (tertiary/aromatic N) is 3. The zero-order chi connectivity index (χ0) is 23.5. The topological polar surface area (TPSA) is 84.3 Å². The molecule has 4 aromatic rings. The van der Waals surface area contributed by atoms with Gasteiger partial charge >= 0.3 is 0 Å². The molecule has 1 aliphatic heterocycles. The van der Waals surface area contributed by atoms with Crippen molar-refractivity contribution >= 4 is 45.5 Å². The molecular formula is C26H22N4O3S. The second-order valence-electron chi connectivity index (χ2n) is 7.97. The van der Waals surface area contributed by atoms with E-state index < -0.39 is 0 Å². The highest BCUT2D eigenvalue weighted by Crippen LogP contribution is 2.23. The number of benzene rings is 3. The maximum atomic E-state index is 12.6. The Labute approximate surface area is 200 Å². The monoisotopic (exact) mass is 470 g/mol. The van der Waals surface area contributed by atoms with Gasteiger partial charge in [0.1, 0.15) is 5.82 Å². The highest BCUT2D eigenvalue weighted by atomic mass is 32.2. The molecule has 3 amide bonds. The summed E-state index contributed by atoms with van der Waals surface area (Å²) in [5.41, 5.74) is 4.41. The van der Waals surface area contributed by atoms with E-state index in [9.17, 15) is 14.4 Å². The minimum Gasteiger partial charge on any atom is -0.326 e. The summed E-state index contributed by atoms with van der Waals surface area (Å²) >= 11 is 1.02. The van der Waals surface area contributed by atoms with Gasteiger partial charge in [-0.3, -0.25) is 23.9 Å². The fourth-order valence-electron chi connectivity index (χ4n) is 3.97. The van der Waals surface area contributed by atoms with Crippen LogP contribution in [0.5, 0.6) is 0 Å². The number of hydrogen-bond acceptors (Lipinski definition) is 5. The molecule has 8 heteroatoms. The first kappa shape index (κ1) is 21.9. The molecule has 0 saturated carbocycles. The van der Waals surface area contributed by atoms with E-state index in [0.29, 0.717) is 12.1 Å². The van der Waals surface area contributed by atoms with Crippen molar-refractivity contribution < 1.29 is 14.4 Å². The fraction of sp³-hybridized carbons (Fsp3) is 0.154. The molecule has 0 unspecified atom stereocenters. The molecule has 0 atom stereocenters. The number of carbonyl (C=O) groups is 3. The molecule has 5 rings (SSSR count). The summed E-state index contributed by atoms with van der Waals surface area (Å²) in [6.07, 6.45) is 0.774. The zero-order valence-corrected chi connectivity index (χ0v) is 19.1. The van der Waals surface area contributed by atoms with E-state index in [2.05, 4.69) is 9.88 Å². The summed E-state index contributed by atoms with van der Waals surface area (Å²) in [5, 5.41) is 2.70. The SMILES string of the molecule is O=C(CCc1nc2ccccc2n1-c1ccccc1)Nc1ccc(CN2C(=O)CSC2=O)cc1. The van der Waals surface area contributed by atoms with Gasteiger partial charge in [-0.05, 0) is 42.0 Å². The Kier molecular flexibility index (Phi) is 6.14. The number of hydrogen-bond donors (Lipinski definition) is 1. The van der Waals surface area contributed by atoms with Crippen molar-refractivity contribution in [3.63, 3.8) is 0 Å². The van der Waals surface area contributed by atoms with Gasteiger partial charge in [-0.25, -0.2) is 4.98 Å². The molecule has 1 N–H and O–H groups in total.